The average molecular weight is 628 g/mol. The molecule has 1 aromatic rings. The third-order valence-corrected chi connectivity index (χ3v) is 10.4. The van der Waals surface area contributed by atoms with E-state index in [4.69, 9.17) is 15.6 Å². The first kappa shape index (κ1) is 32.7. The second-order valence-electron chi connectivity index (χ2n) is 9.94. The summed E-state index contributed by atoms with van der Waals surface area (Å²) in [6.07, 6.45) is -1.31. The van der Waals surface area contributed by atoms with E-state index in [1.807, 2.05) is 0 Å². The molecule has 0 saturated carbocycles. The van der Waals surface area contributed by atoms with Crippen LogP contribution in [0.2, 0.25) is 0 Å². The van der Waals surface area contributed by atoms with Gasteiger partial charge in [-0.2, -0.15) is 17.5 Å². The van der Waals surface area contributed by atoms with Crippen molar-refractivity contribution in [2.45, 2.75) is 49.5 Å². The molecule has 13 nitrogen and oxygen atoms in total. The topological polar surface area (TPSA) is 188 Å². The molecular weight excluding hydrogens is 595 g/mol. The number of hydrogen-bond acceptors (Lipinski definition) is 9. The van der Waals surface area contributed by atoms with Gasteiger partial charge in [0.2, 0.25) is 11.8 Å². The number of sulfonamides is 1. The summed E-state index contributed by atoms with van der Waals surface area (Å²) < 4.78 is 83.6. The molecule has 0 spiro atoms. The van der Waals surface area contributed by atoms with Crippen LogP contribution in [0.1, 0.15) is 31.2 Å². The van der Waals surface area contributed by atoms with E-state index in [1.54, 1.807) is 11.0 Å². The Morgan fingerprint density at radius 3 is 2.32 bits per heavy atom. The summed E-state index contributed by atoms with van der Waals surface area (Å²) in [6, 6.07) is 2.63. The highest BCUT2D eigenvalue weighted by atomic mass is 32.2. The zero-order valence-corrected chi connectivity index (χ0v) is 23.6. The fourth-order valence-electron chi connectivity index (χ4n) is 4.89. The fraction of sp³-hybridized carbons (Fsp3) is 0.652. The number of carboxylic acid groups (broad SMARTS) is 1. The Morgan fingerprint density at radius 2 is 1.76 bits per heavy atom. The number of carboxylic acids is 1. The van der Waals surface area contributed by atoms with Crippen LogP contribution in [0, 0.1) is 5.92 Å². The van der Waals surface area contributed by atoms with Gasteiger partial charge in [-0.1, -0.05) is 0 Å². The predicted octanol–water partition coefficient (Wildman–Crippen LogP) is -0.178. The lowest BCUT2D eigenvalue weighted by atomic mass is 9.92. The molecule has 4 heterocycles. The van der Waals surface area contributed by atoms with Crippen LogP contribution in [-0.4, -0.2) is 115 Å². The van der Waals surface area contributed by atoms with Gasteiger partial charge in [-0.25, -0.2) is 26.6 Å². The molecule has 0 radical (unpaired) electrons. The normalized spacial score (nSPS) is 23.9. The number of nitrogens with zero attached hydrogens (tertiary/aromatic N) is 4. The predicted molar refractivity (Wildman–Crippen MR) is 137 cm³/mol. The average Bonchev–Trinajstić information content (AvgIpc) is 2.92. The number of hydrogen-bond donors (Lipinski definition) is 2. The van der Waals surface area contributed by atoms with Gasteiger partial charge in [0.05, 0.1) is 17.4 Å². The van der Waals surface area contributed by atoms with E-state index in [0.717, 1.165) is 12.8 Å². The number of amides is 2. The number of aliphatic carboxylic acids is 1. The van der Waals surface area contributed by atoms with Gasteiger partial charge in [-0.3, -0.25) is 9.59 Å². The maximum absolute atomic E-state index is 13.5. The van der Waals surface area contributed by atoms with Crippen molar-refractivity contribution in [3.05, 3.63) is 23.9 Å². The lowest BCUT2D eigenvalue weighted by Gasteiger charge is -2.44. The van der Waals surface area contributed by atoms with Gasteiger partial charge in [0, 0.05) is 57.9 Å². The monoisotopic (exact) mass is 627 g/mol. The molecule has 3 saturated heterocycles. The molecule has 0 aliphatic carbocycles. The summed E-state index contributed by atoms with van der Waals surface area (Å²) in [4.78, 5) is 42.1. The van der Waals surface area contributed by atoms with Gasteiger partial charge in [-0.15, -0.1) is 0 Å². The SMILES string of the molecule is NCc1ccnc(S(=O)(=O)N2CC(C(=O)N3CCS(=O)(=O)CC3)CC(N3CCCCC3=O)C2)c1.O=C(O)C(F)(F)F. The van der Waals surface area contributed by atoms with Gasteiger partial charge in [0.1, 0.15) is 0 Å². The van der Waals surface area contributed by atoms with Crippen LogP contribution in [-0.2, 0) is 40.8 Å². The van der Waals surface area contributed by atoms with Crippen LogP contribution >= 0.6 is 0 Å². The number of halogens is 3. The molecule has 2 atom stereocenters. The lowest BCUT2D eigenvalue weighted by molar-refractivity contribution is -0.192. The molecule has 3 fully saturated rings. The number of carbonyl (C=O) groups excluding carboxylic acids is 2. The van der Waals surface area contributed by atoms with Crippen molar-refractivity contribution in [1.82, 2.24) is 19.1 Å². The van der Waals surface area contributed by atoms with Crippen molar-refractivity contribution in [2.75, 3.05) is 44.2 Å². The summed E-state index contributed by atoms with van der Waals surface area (Å²) in [6.45, 7) is 0.921. The van der Waals surface area contributed by atoms with Crippen LogP contribution in [0.15, 0.2) is 23.4 Å². The highest BCUT2D eigenvalue weighted by Gasteiger charge is 2.43. The minimum atomic E-state index is -5.08. The molecule has 2 amide bonds. The van der Waals surface area contributed by atoms with Gasteiger partial charge in [0.25, 0.3) is 10.0 Å². The van der Waals surface area contributed by atoms with E-state index >= 15 is 0 Å². The summed E-state index contributed by atoms with van der Waals surface area (Å²) >= 11 is 0. The number of piperidine rings is 2. The first-order chi connectivity index (χ1) is 19.0. The molecule has 0 aromatic carbocycles. The van der Waals surface area contributed by atoms with Crippen molar-refractivity contribution in [3.8, 4) is 0 Å². The number of nitrogens with two attached hydrogens (primary N) is 1. The van der Waals surface area contributed by atoms with Crippen LogP contribution < -0.4 is 5.73 Å². The molecule has 230 valence electrons. The first-order valence-electron chi connectivity index (χ1n) is 12.8. The van der Waals surface area contributed by atoms with E-state index < -0.39 is 44.0 Å². The van der Waals surface area contributed by atoms with Crippen molar-refractivity contribution in [1.29, 1.82) is 0 Å². The molecule has 18 heteroatoms. The molecule has 0 bridgehead atoms. The number of sulfone groups is 1. The number of rotatable bonds is 5. The second-order valence-corrected chi connectivity index (χ2v) is 14.1. The minimum Gasteiger partial charge on any atom is -0.475 e. The lowest BCUT2D eigenvalue weighted by Crippen LogP contribution is -2.58. The van der Waals surface area contributed by atoms with Crippen molar-refractivity contribution >= 4 is 37.6 Å². The molecule has 1 aromatic heterocycles. The largest absolute Gasteiger partial charge is 0.490 e. The zero-order valence-electron chi connectivity index (χ0n) is 22.0. The third kappa shape index (κ3) is 8.36. The first-order valence-corrected chi connectivity index (χ1v) is 16.0. The Morgan fingerprint density at radius 1 is 1.12 bits per heavy atom. The van der Waals surface area contributed by atoms with Crippen LogP contribution in [0.25, 0.3) is 0 Å². The van der Waals surface area contributed by atoms with Crippen molar-refractivity contribution < 1.29 is 49.5 Å². The molecule has 3 N–H and O–H groups in total. The second kappa shape index (κ2) is 13.0. The molecular formula is C23H32F3N5O8S2. The number of pyridine rings is 1. The van der Waals surface area contributed by atoms with Gasteiger partial charge in [-0.05, 0) is 37.0 Å². The Hall–Kier alpha value is -2.83. The van der Waals surface area contributed by atoms with E-state index in [9.17, 15) is 39.6 Å². The van der Waals surface area contributed by atoms with E-state index in [1.165, 1.54) is 21.5 Å². The smallest absolute Gasteiger partial charge is 0.475 e. The number of likely N-dealkylation sites (tertiary alicyclic amines) is 1. The standard InChI is InChI=1S/C21H31N5O6S2.C2HF3O2/c22-13-16-4-5-23-19(11-16)34(31,32)25-14-17(21(28)24-7-9-33(29,30)10-8-24)12-18(15-25)26-6-2-1-3-20(26)27;3-2(4,5)1(6)7/h4-5,11,17-18H,1-3,6-10,12-15,22H2;(H,6,7). The highest BCUT2D eigenvalue weighted by Crippen LogP contribution is 2.30. The van der Waals surface area contributed by atoms with E-state index in [0.29, 0.717) is 24.9 Å². The summed E-state index contributed by atoms with van der Waals surface area (Å²) in [5.74, 6) is -3.94. The molecule has 41 heavy (non-hydrogen) atoms. The summed E-state index contributed by atoms with van der Waals surface area (Å²) in [7, 11) is -7.20. The zero-order chi connectivity index (χ0) is 30.6. The Bertz CT molecular complexity index is 1340. The van der Waals surface area contributed by atoms with Gasteiger partial charge in [0.15, 0.2) is 14.9 Å². The maximum Gasteiger partial charge on any atom is 0.490 e. The molecule has 2 unspecified atom stereocenters. The maximum atomic E-state index is 13.5. The minimum absolute atomic E-state index is 0.0333. The number of carbonyl (C=O) groups is 3. The summed E-state index contributed by atoms with van der Waals surface area (Å²) in [5.41, 5.74) is 6.29. The van der Waals surface area contributed by atoms with Crippen molar-refractivity contribution in [3.63, 3.8) is 0 Å². The van der Waals surface area contributed by atoms with Gasteiger partial charge >= 0.3 is 12.1 Å². The Kier molecular flexibility index (Phi) is 10.4. The molecule has 3 aliphatic heterocycles. The quantitative estimate of drug-likeness (QED) is 0.443. The number of aromatic nitrogens is 1. The van der Waals surface area contributed by atoms with E-state index in [-0.39, 0.29) is 61.1 Å². The molecule has 3 aliphatic rings. The van der Waals surface area contributed by atoms with E-state index in [2.05, 4.69) is 4.98 Å². The van der Waals surface area contributed by atoms with Crippen molar-refractivity contribution in [2.24, 2.45) is 11.7 Å². The third-order valence-electron chi connectivity index (χ3n) is 7.08. The Balaban J connectivity index is 0.000000587. The fourth-order valence-corrected chi connectivity index (χ4v) is 7.59. The number of alkyl halides is 3. The van der Waals surface area contributed by atoms with Gasteiger partial charge < -0.3 is 20.6 Å². The van der Waals surface area contributed by atoms with Crippen LogP contribution in [0.4, 0.5) is 13.2 Å². The Labute approximate surface area is 235 Å². The highest BCUT2D eigenvalue weighted by molar-refractivity contribution is 7.91. The summed E-state index contributed by atoms with van der Waals surface area (Å²) in [5, 5.41) is 6.98. The molecule has 4 rings (SSSR count). The van der Waals surface area contributed by atoms with Crippen LogP contribution in [0.5, 0.6) is 0 Å². The van der Waals surface area contributed by atoms with Crippen LogP contribution in [0.3, 0.4) is 0 Å².